The molecule has 0 radical (unpaired) electrons. The smallest absolute Gasteiger partial charge is 0.208 e. The largest absolute Gasteiger partial charge is 0.493 e. The van der Waals surface area contributed by atoms with Crippen molar-refractivity contribution < 1.29 is 24.9 Å². The Morgan fingerprint density at radius 1 is 1.50 bits per heavy atom. The number of fused-ring (bicyclic) bond motifs is 1. The number of carbonyl (C=O) groups excluding carboxylic acids is 1. The fourth-order valence-corrected chi connectivity index (χ4v) is 2.83. The van der Waals surface area contributed by atoms with Crippen LogP contribution in [0.4, 0.5) is 0 Å². The van der Waals surface area contributed by atoms with Gasteiger partial charge < -0.3 is 20.1 Å². The van der Waals surface area contributed by atoms with Gasteiger partial charge in [-0.25, -0.2) is 0 Å². The van der Waals surface area contributed by atoms with Gasteiger partial charge in [0, 0.05) is 11.8 Å². The summed E-state index contributed by atoms with van der Waals surface area (Å²) in [4.78, 5) is 12.1. The van der Waals surface area contributed by atoms with Gasteiger partial charge in [-0.15, -0.1) is 0 Å². The Kier molecular flexibility index (Phi) is 4.82. The molecule has 0 spiro atoms. The van der Waals surface area contributed by atoms with E-state index in [1.807, 2.05) is 6.92 Å². The highest BCUT2D eigenvalue weighted by atomic mass is 35.5. The lowest BCUT2D eigenvalue weighted by molar-refractivity contribution is -0.150. The lowest BCUT2D eigenvalue weighted by Gasteiger charge is -2.40. The molecule has 3 N–H and O–H groups in total. The van der Waals surface area contributed by atoms with E-state index in [0.29, 0.717) is 11.3 Å². The molecule has 5 unspecified atom stereocenters. The molecule has 1 aliphatic heterocycles. The zero-order valence-corrected chi connectivity index (χ0v) is 13.5. The summed E-state index contributed by atoms with van der Waals surface area (Å²) in [7, 11) is 0. The zero-order chi connectivity index (χ0) is 16.7. The molecule has 122 valence electrons. The van der Waals surface area contributed by atoms with Gasteiger partial charge in [0.05, 0.1) is 17.7 Å². The van der Waals surface area contributed by atoms with Gasteiger partial charge in [0.25, 0.3) is 0 Å². The predicted molar refractivity (Wildman–Crippen MR) is 82.0 cm³/mol. The average Bonchev–Trinajstić information content (AvgIpc) is 2.48. The number of halogens is 1. The summed E-state index contributed by atoms with van der Waals surface area (Å²) in [6.07, 6.45) is 3.34. The Morgan fingerprint density at radius 3 is 2.73 bits per heavy atom. The molecule has 0 amide bonds. The van der Waals surface area contributed by atoms with Gasteiger partial charge in [-0.05, 0) is 31.6 Å². The standard InChI is InChI=1S/C16H21ClO5/c1-8(9(2)18)4-5-10-6-11-12(7-22-10)14(19)16(3,21)15(20)13(11)17/h4-6,8-9,12,14,18-19,21H,7H2,1-3H3. The minimum Gasteiger partial charge on any atom is -0.493 e. The normalized spacial score (nSPS) is 35.0. The van der Waals surface area contributed by atoms with Crippen molar-refractivity contribution in [1.82, 2.24) is 0 Å². The van der Waals surface area contributed by atoms with Gasteiger partial charge in [-0.3, -0.25) is 4.79 Å². The Hall–Kier alpha value is -1.14. The molecule has 5 atom stereocenters. The third-order valence-electron chi connectivity index (χ3n) is 4.32. The third kappa shape index (κ3) is 2.99. The summed E-state index contributed by atoms with van der Waals surface area (Å²) in [5.74, 6) is -0.789. The molecule has 0 saturated carbocycles. The van der Waals surface area contributed by atoms with Crippen LogP contribution in [0.1, 0.15) is 20.8 Å². The van der Waals surface area contributed by atoms with E-state index in [9.17, 15) is 20.1 Å². The van der Waals surface area contributed by atoms with Gasteiger partial charge >= 0.3 is 0 Å². The molecule has 1 heterocycles. The maximum atomic E-state index is 12.1. The van der Waals surface area contributed by atoms with E-state index >= 15 is 0 Å². The second-order valence-electron chi connectivity index (χ2n) is 6.11. The van der Waals surface area contributed by atoms with Gasteiger partial charge in [-0.1, -0.05) is 24.6 Å². The second kappa shape index (κ2) is 6.16. The van der Waals surface area contributed by atoms with E-state index in [0.717, 1.165) is 0 Å². The number of Topliss-reactive ketones (excluding diaryl/α,β-unsaturated/α-hetero) is 1. The predicted octanol–water partition coefficient (Wildman–Crippen LogP) is 1.28. The van der Waals surface area contributed by atoms with Crippen LogP contribution in [0.3, 0.4) is 0 Å². The first kappa shape index (κ1) is 17.2. The minimum atomic E-state index is -1.91. The van der Waals surface area contributed by atoms with E-state index in [-0.39, 0.29) is 17.6 Å². The van der Waals surface area contributed by atoms with Crippen LogP contribution < -0.4 is 0 Å². The van der Waals surface area contributed by atoms with Crippen LogP contribution in [0.15, 0.2) is 34.6 Å². The second-order valence-corrected chi connectivity index (χ2v) is 6.49. The molecule has 2 rings (SSSR count). The first-order valence-corrected chi connectivity index (χ1v) is 7.59. The molecular weight excluding hydrogens is 308 g/mol. The number of allylic oxidation sites excluding steroid dienone is 2. The third-order valence-corrected chi connectivity index (χ3v) is 4.71. The van der Waals surface area contributed by atoms with E-state index in [1.165, 1.54) is 6.92 Å². The van der Waals surface area contributed by atoms with Crippen molar-refractivity contribution in [3.8, 4) is 0 Å². The maximum Gasteiger partial charge on any atom is 0.208 e. The quantitative estimate of drug-likeness (QED) is 0.726. The highest BCUT2D eigenvalue weighted by Crippen LogP contribution is 2.40. The summed E-state index contributed by atoms with van der Waals surface area (Å²) in [5, 5.41) is 29.6. The number of hydrogen-bond donors (Lipinski definition) is 3. The van der Waals surface area contributed by atoms with Crippen molar-refractivity contribution in [3.05, 3.63) is 34.6 Å². The molecule has 1 aliphatic carbocycles. The first-order chi connectivity index (χ1) is 10.2. The van der Waals surface area contributed by atoms with E-state index in [2.05, 4.69) is 0 Å². The fourth-order valence-electron chi connectivity index (χ4n) is 2.45. The number of rotatable bonds is 3. The highest BCUT2D eigenvalue weighted by Gasteiger charge is 2.50. The molecular formula is C16H21ClO5. The average molecular weight is 329 g/mol. The van der Waals surface area contributed by atoms with Crippen molar-refractivity contribution in [2.24, 2.45) is 11.8 Å². The summed E-state index contributed by atoms with van der Waals surface area (Å²) in [6.45, 7) is 4.93. The van der Waals surface area contributed by atoms with Crippen molar-refractivity contribution in [3.63, 3.8) is 0 Å². The van der Waals surface area contributed by atoms with Crippen LogP contribution in [-0.2, 0) is 9.53 Å². The van der Waals surface area contributed by atoms with E-state index in [1.54, 1.807) is 25.2 Å². The van der Waals surface area contributed by atoms with E-state index in [4.69, 9.17) is 16.3 Å². The topological polar surface area (TPSA) is 87.0 Å². The van der Waals surface area contributed by atoms with Gasteiger partial charge in [-0.2, -0.15) is 0 Å². The highest BCUT2D eigenvalue weighted by molar-refractivity contribution is 6.44. The first-order valence-electron chi connectivity index (χ1n) is 7.22. The Bertz CT molecular complexity index is 559. The molecule has 0 saturated heterocycles. The summed E-state index contributed by atoms with van der Waals surface area (Å²) in [5.41, 5.74) is -1.43. The van der Waals surface area contributed by atoms with Crippen LogP contribution in [0.25, 0.3) is 0 Å². The van der Waals surface area contributed by atoms with Crippen molar-refractivity contribution in [2.45, 2.75) is 38.6 Å². The lowest BCUT2D eigenvalue weighted by atomic mass is 9.75. The molecule has 6 heteroatoms. The Labute approximate surface area is 134 Å². The van der Waals surface area contributed by atoms with Crippen LogP contribution >= 0.6 is 11.6 Å². The number of carbonyl (C=O) groups is 1. The monoisotopic (exact) mass is 328 g/mol. The molecule has 5 nitrogen and oxygen atoms in total. The number of hydrogen-bond acceptors (Lipinski definition) is 5. The van der Waals surface area contributed by atoms with Gasteiger partial charge in [0.2, 0.25) is 5.78 Å². The summed E-state index contributed by atoms with van der Waals surface area (Å²) < 4.78 is 5.54. The van der Waals surface area contributed by atoms with Crippen molar-refractivity contribution in [1.29, 1.82) is 0 Å². The van der Waals surface area contributed by atoms with Crippen LogP contribution in [0.5, 0.6) is 0 Å². The maximum absolute atomic E-state index is 12.1. The molecule has 0 fully saturated rings. The zero-order valence-electron chi connectivity index (χ0n) is 12.8. The molecule has 2 aliphatic rings. The lowest BCUT2D eigenvalue weighted by Crippen LogP contribution is -2.55. The van der Waals surface area contributed by atoms with Crippen molar-refractivity contribution >= 4 is 17.4 Å². The van der Waals surface area contributed by atoms with Gasteiger partial charge in [0.15, 0.2) is 5.60 Å². The van der Waals surface area contributed by atoms with Crippen molar-refractivity contribution in [2.75, 3.05) is 6.61 Å². The number of ketones is 1. The Morgan fingerprint density at radius 2 is 2.14 bits per heavy atom. The van der Waals surface area contributed by atoms with Gasteiger partial charge in [0.1, 0.15) is 11.9 Å². The number of aliphatic hydroxyl groups excluding tert-OH is 2. The molecule has 0 aromatic rings. The Balaban J connectivity index is 2.32. The number of ether oxygens (including phenoxy) is 1. The van der Waals surface area contributed by atoms with Crippen LogP contribution in [0.2, 0.25) is 0 Å². The molecule has 0 aromatic heterocycles. The summed E-state index contributed by atoms with van der Waals surface area (Å²) >= 11 is 6.06. The SMILES string of the molecule is CC(O)C(C)C=CC1=CC2=C(Cl)C(=O)C(C)(O)C(O)C2CO1. The molecule has 22 heavy (non-hydrogen) atoms. The summed E-state index contributed by atoms with van der Waals surface area (Å²) in [6, 6.07) is 0. The number of aliphatic hydroxyl groups is 3. The van der Waals surface area contributed by atoms with Crippen LogP contribution in [0, 0.1) is 11.8 Å². The van der Waals surface area contributed by atoms with E-state index < -0.39 is 29.5 Å². The minimum absolute atomic E-state index is 0.0500. The van der Waals surface area contributed by atoms with Crippen LogP contribution in [-0.4, -0.2) is 45.5 Å². The fraction of sp³-hybridized carbons (Fsp3) is 0.562. The molecule has 0 aromatic carbocycles. The molecule has 0 bridgehead atoms.